The Kier molecular flexibility index (Phi) is 6.33. The van der Waals surface area contributed by atoms with Crippen molar-refractivity contribution in [1.82, 2.24) is 0 Å². The van der Waals surface area contributed by atoms with Crippen molar-refractivity contribution >= 4 is 0 Å². The molecule has 0 unspecified atom stereocenters. The van der Waals surface area contributed by atoms with Gasteiger partial charge in [-0.05, 0) is 93.2 Å². The number of phenolic OH excluding ortho intramolecular Hbond substituents is 1. The van der Waals surface area contributed by atoms with Gasteiger partial charge >= 0.3 is 0 Å². The van der Waals surface area contributed by atoms with Gasteiger partial charge in [0, 0.05) is 30.4 Å². The predicted molar refractivity (Wildman–Crippen MR) is 147 cm³/mol. The van der Waals surface area contributed by atoms with Gasteiger partial charge in [-0.25, -0.2) is 0 Å². The summed E-state index contributed by atoms with van der Waals surface area (Å²) >= 11 is 0. The molecule has 0 spiro atoms. The molecule has 38 heavy (non-hydrogen) atoms. The molecule has 0 amide bonds. The van der Waals surface area contributed by atoms with Crippen molar-refractivity contribution in [2.75, 3.05) is 0 Å². The van der Waals surface area contributed by atoms with Crippen LogP contribution in [0, 0.1) is 31.1 Å². The number of allylic oxidation sites excluding steroid dienone is 1. The number of rotatable bonds is 0. The molecule has 2 heterocycles. The van der Waals surface area contributed by atoms with Crippen molar-refractivity contribution in [1.29, 1.82) is 0 Å². The van der Waals surface area contributed by atoms with Crippen molar-refractivity contribution in [3.63, 3.8) is 0 Å². The smallest absolute Gasteiger partial charge is 0.223 e. The summed E-state index contributed by atoms with van der Waals surface area (Å²) in [6.45, 7) is 12.3. The molecule has 2 aromatic rings. The van der Waals surface area contributed by atoms with E-state index in [1.807, 2.05) is 20.8 Å². The van der Waals surface area contributed by atoms with E-state index in [1.165, 1.54) is 12.1 Å². The minimum Gasteiger partial charge on any atom is -0.508 e. The maximum atomic E-state index is 12.5. The SMILES string of the molecule is Cc1cc(O)c(=O)cc2c1C[C@H]1CC(C)(C)C=CC[C@@]3(C)Oc4cc(O)cc(C)c4C[C@@H]3C[C@H](O)[C@]1(C)O2. The highest BCUT2D eigenvalue weighted by Gasteiger charge is 2.51. The molecule has 5 atom stereocenters. The maximum Gasteiger partial charge on any atom is 0.223 e. The lowest BCUT2D eigenvalue weighted by molar-refractivity contribution is -0.117. The van der Waals surface area contributed by atoms with Gasteiger partial charge in [0.15, 0.2) is 5.75 Å². The van der Waals surface area contributed by atoms with Crippen LogP contribution in [0.2, 0.25) is 0 Å². The molecule has 0 aromatic heterocycles. The summed E-state index contributed by atoms with van der Waals surface area (Å²) < 4.78 is 13.3. The van der Waals surface area contributed by atoms with E-state index in [1.54, 1.807) is 12.1 Å². The third-order valence-corrected chi connectivity index (χ3v) is 9.34. The summed E-state index contributed by atoms with van der Waals surface area (Å²) in [6.07, 6.45) is 6.90. The molecule has 0 radical (unpaired) electrons. The van der Waals surface area contributed by atoms with E-state index in [4.69, 9.17) is 9.47 Å². The summed E-state index contributed by atoms with van der Waals surface area (Å²) in [7, 11) is 0. The van der Waals surface area contributed by atoms with Crippen LogP contribution in [-0.4, -0.2) is 32.6 Å². The second-order valence-electron chi connectivity index (χ2n) is 12.9. The third kappa shape index (κ3) is 4.57. The van der Waals surface area contributed by atoms with Crippen molar-refractivity contribution in [2.24, 2.45) is 17.3 Å². The summed E-state index contributed by atoms with van der Waals surface area (Å²) in [5.41, 5.74) is 1.54. The van der Waals surface area contributed by atoms with Crippen molar-refractivity contribution in [3.8, 4) is 23.0 Å². The van der Waals surface area contributed by atoms with E-state index in [9.17, 15) is 20.1 Å². The molecule has 5 rings (SSSR count). The number of hydrogen-bond acceptors (Lipinski definition) is 6. The molecule has 6 heteroatoms. The monoisotopic (exact) mass is 520 g/mol. The van der Waals surface area contributed by atoms with Crippen LogP contribution in [0.25, 0.3) is 0 Å². The molecule has 0 fully saturated rings. The van der Waals surface area contributed by atoms with E-state index in [0.29, 0.717) is 30.8 Å². The predicted octanol–water partition coefficient (Wildman–Crippen LogP) is 5.52. The zero-order chi connectivity index (χ0) is 27.6. The molecule has 204 valence electrons. The Bertz CT molecular complexity index is 1360. The van der Waals surface area contributed by atoms with Crippen LogP contribution in [-0.2, 0) is 12.8 Å². The van der Waals surface area contributed by atoms with Crippen LogP contribution >= 0.6 is 0 Å². The highest BCUT2D eigenvalue weighted by atomic mass is 16.5. The number of phenols is 1. The normalized spacial score (nSPS) is 31.8. The minimum absolute atomic E-state index is 0.00527. The first kappa shape index (κ1) is 26.6. The van der Waals surface area contributed by atoms with Gasteiger partial charge in [0.1, 0.15) is 28.5 Å². The van der Waals surface area contributed by atoms with Gasteiger partial charge in [0.05, 0.1) is 6.10 Å². The zero-order valence-corrected chi connectivity index (χ0v) is 23.3. The summed E-state index contributed by atoms with van der Waals surface area (Å²) in [5.74, 6) is 1.00. The van der Waals surface area contributed by atoms with Gasteiger partial charge < -0.3 is 24.8 Å². The van der Waals surface area contributed by atoms with Crippen LogP contribution in [0.3, 0.4) is 0 Å². The van der Waals surface area contributed by atoms with Crippen LogP contribution in [0.1, 0.15) is 69.2 Å². The number of ether oxygens (including phenoxy) is 2. The molecular formula is C32H40O6. The molecule has 3 aliphatic rings. The van der Waals surface area contributed by atoms with Gasteiger partial charge in [-0.3, -0.25) is 4.79 Å². The quantitative estimate of drug-likeness (QED) is 0.396. The number of fused-ring (bicyclic) bond motifs is 4. The molecule has 3 N–H and O–H groups in total. The first-order valence-electron chi connectivity index (χ1n) is 13.6. The summed E-state index contributed by atoms with van der Waals surface area (Å²) in [5, 5.41) is 32.4. The second kappa shape index (κ2) is 9.04. The van der Waals surface area contributed by atoms with E-state index in [2.05, 4.69) is 32.9 Å². The molecule has 2 aromatic carbocycles. The van der Waals surface area contributed by atoms with Gasteiger partial charge in [0.2, 0.25) is 5.43 Å². The van der Waals surface area contributed by atoms with E-state index < -0.39 is 22.7 Å². The first-order valence-corrected chi connectivity index (χ1v) is 13.6. The Morgan fingerprint density at radius 3 is 2.21 bits per heavy atom. The zero-order valence-electron chi connectivity index (χ0n) is 23.3. The summed E-state index contributed by atoms with van der Waals surface area (Å²) in [4.78, 5) is 12.5. The second-order valence-corrected chi connectivity index (χ2v) is 12.9. The van der Waals surface area contributed by atoms with Crippen molar-refractivity contribution in [2.45, 2.75) is 91.0 Å². The van der Waals surface area contributed by atoms with Crippen LogP contribution in [0.15, 0.2) is 41.2 Å². The number of hydrogen-bond donors (Lipinski definition) is 3. The van der Waals surface area contributed by atoms with Gasteiger partial charge in [0.25, 0.3) is 0 Å². The fourth-order valence-electron chi connectivity index (χ4n) is 6.85. The lowest BCUT2D eigenvalue weighted by Crippen LogP contribution is -2.57. The van der Waals surface area contributed by atoms with Crippen LogP contribution in [0.4, 0.5) is 0 Å². The average Bonchev–Trinajstić information content (AvgIpc) is 2.90. The van der Waals surface area contributed by atoms with Crippen molar-refractivity contribution < 1.29 is 24.8 Å². The molecule has 6 nitrogen and oxygen atoms in total. The van der Waals surface area contributed by atoms with E-state index in [-0.39, 0.29) is 28.7 Å². The number of aromatic hydroxyl groups is 2. The van der Waals surface area contributed by atoms with Crippen molar-refractivity contribution in [3.05, 3.63) is 68.9 Å². The molecule has 1 aliphatic carbocycles. The van der Waals surface area contributed by atoms with E-state index >= 15 is 0 Å². The van der Waals surface area contributed by atoms with Gasteiger partial charge in [-0.1, -0.05) is 26.0 Å². The number of aliphatic hydroxyl groups excluding tert-OH is 1. The Morgan fingerprint density at radius 1 is 0.868 bits per heavy atom. The molecular weight excluding hydrogens is 480 g/mol. The van der Waals surface area contributed by atoms with Gasteiger partial charge in [-0.2, -0.15) is 0 Å². The number of aryl methyl sites for hydroxylation is 2. The highest BCUT2D eigenvalue weighted by molar-refractivity contribution is 5.48. The average molecular weight is 521 g/mol. The lowest BCUT2D eigenvalue weighted by atomic mass is 9.67. The fourth-order valence-corrected chi connectivity index (χ4v) is 6.85. The maximum absolute atomic E-state index is 12.5. The largest absolute Gasteiger partial charge is 0.508 e. The fraction of sp³-hybridized carbons (Fsp3) is 0.531. The Balaban J connectivity index is 1.61. The summed E-state index contributed by atoms with van der Waals surface area (Å²) in [6, 6.07) is 6.33. The third-order valence-electron chi connectivity index (χ3n) is 9.34. The number of benzene rings is 1. The highest BCUT2D eigenvalue weighted by Crippen LogP contribution is 2.50. The molecule has 0 saturated carbocycles. The van der Waals surface area contributed by atoms with Gasteiger partial charge in [-0.15, -0.1) is 0 Å². The minimum atomic E-state index is -0.948. The molecule has 0 saturated heterocycles. The van der Waals surface area contributed by atoms with Crippen LogP contribution < -0.4 is 14.9 Å². The lowest BCUT2D eigenvalue weighted by Gasteiger charge is -2.49. The Hall–Kier alpha value is -2.99. The van der Waals surface area contributed by atoms with E-state index in [0.717, 1.165) is 35.1 Å². The first-order chi connectivity index (χ1) is 17.7. The number of aliphatic hydroxyl groups is 1. The molecule has 0 bridgehead atoms. The topological polar surface area (TPSA) is 96.2 Å². The Morgan fingerprint density at radius 2 is 1.50 bits per heavy atom. The standard InChI is InChI=1S/C32H40O6/c1-18-10-22(33)15-27-23(18)12-20-14-29(36)32(6)21(17-30(3,4)8-7-9-31(20,5)37-27)13-24-19(2)11-25(34)26(35)16-28(24)38-32/h7-8,10-11,15-16,20-21,29,33,36H,9,12-14,17H2,1-6H3,(H,34,35)/t20-,21+,29+,31-,32-/m1/s1. The van der Waals surface area contributed by atoms with Crippen LogP contribution in [0.5, 0.6) is 23.0 Å². The Labute approximate surface area is 224 Å². The molecule has 2 aliphatic heterocycles.